The van der Waals surface area contributed by atoms with Gasteiger partial charge in [0.05, 0.1) is 13.5 Å². The molecule has 4 atom stereocenters. The number of hydrogen-bond acceptors (Lipinski definition) is 3. The van der Waals surface area contributed by atoms with Crippen LogP contribution in [0.4, 0.5) is 0 Å². The Morgan fingerprint density at radius 2 is 2.04 bits per heavy atom. The van der Waals surface area contributed by atoms with Gasteiger partial charge in [0, 0.05) is 25.0 Å². The minimum absolute atomic E-state index is 0.145. The number of terminal acetylenes is 1. The van der Waals surface area contributed by atoms with Crippen LogP contribution in [-0.4, -0.2) is 30.1 Å². The zero-order valence-electron chi connectivity index (χ0n) is 14.4. The van der Waals surface area contributed by atoms with Gasteiger partial charge < -0.3 is 4.74 Å². The maximum Gasteiger partial charge on any atom is 0.307 e. The first kappa shape index (κ1) is 17.6. The first-order chi connectivity index (χ1) is 11.1. The van der Waals surface area contributed by atoms with Crippen molar-refractivity contribution in [1.82, 2.24) is 4.90 Å². The van der Waals surface area contributed by atoms with Crippen LogP contribution in [0.3, 0.4) is 0 Å². The van der Waals surface area contributed by atoms with Crippen LogP contribution >= 0.6 is 0 Å². The summed E-state index contributed by atoms with van der Waals surface area (Å²) >= 11 is 0. The second kappa shape index (κ2) is 8.17. The molecule has 1 aliphatic rings. The van der Waals surface area contributed by atoms with Crippen molar-refractivity contribution in [3.8, 4) is 12.3 Å². The summed E-state index contributed by atoms with van der Waals surface area (Å²) in [5.41, 5.74) is 1.26. The fourth-order valence-corrected chi connectivity index (χ4v) is 3.67. The lowest BCUT2D eigenvalue weighted by Crippen LogP contribution is -2.53. The standard InChI is InChI=1S/C20H27NO2/c1-5-9-18-12-15(2)16(3)19(13-20(22)23-4)21(18)14-17-10-7-6-8-11-17/h1,6-8,10-11,15-16,18-19H,9,12-14H2,2-4H3/t15-,16+,18?,19-/m1/s1. The number of piperidine rings is 1. The van der Waals surface area contributed by atoms with Gasteiger partial charge in [-0.25, -0.2) is 0 Å². The Labute approximate surface area is 140 Å². The normalized spacial score (nSPS) is 28.1. The average molecular weight is 313 g/mol. The zero-order chi connectivity index (χ0) is 16.8. The predicted molar refractivity (Wildman–Crippen MR) is 92.6 cm³/mol. The lowest BCUT2D eigenvalue weighted by atomic mass is 9.76. The topological polar surface area (TPSA) is 29.5 Å². The Kier molecular flexibility index (Phi) is 6.24. The molecule has 1 aromatic carbocycles. The van der Waals surface area contributed by atoms with Gasteiger partial charge in [-0.05, 0) is 23.8 Å². The molecule has 3 nitrogen and oxygen atoms in total. The molecular formula is C20H27NO2. The number of esters is 1. The molecule has 0 amide bonds. The van der Waals surface area contributed by atoms with Crippen molar-refractivity contribution in [2.45, 2.75) is 51.7 Å². The number of hydrogen-bond donors (Lipinski definition) is 0. The predicted octanol–water partition coefficient (Wildman–Crippen LogP) is 3.49. The summed E-state index contributed by atoms with van der Waals surface area (Å²) in [6, 6.07) is 10.9. The van der Waals surface area contributed by atoms with E-state index in [-0.39, 0.29) is 12.0 Å². The summed E-state index contributed by atoms with van der Waals surface area (Å²) in [6.45, 7) is 5.33. The van der Waals surface area contributed by atoms with Crippen LogP contribution in [0.25, 0.3) is 0 Å². The largest absolute Gasteiger partial charge is 0.469 e. The highest BCUT2D eigenvalue weighted by atomic mass is 16.5. The molecule has 1 fully saturated rings. The summed E-state index contributed by atoms with van der Waals surface area (Å²) in [5.74, 6) is 3.66. The number of ether oxygens (including phenoxy) is 1. The highest BCUT2D eigenvalue weighted by Gasteiger charge is 2.39. The molecule has 0 saturated carbocycles. The second-order valence-corrected chi connectivity index (χ2v) is 6.64. The smallest absolute Gasteiger partial charge is 0.307 e. The second-order valence-electron chi connectivity index (χ2n) is 6.64. The molecular weight excluding hydrogens is 286 g/mol. The van der Waals surface area contributed by atoms with Crippen LogP contribution < -0.4 is 0 Å². The summed E-state index contributed by atoms with van der Waals surface area (Å²) in [5, 5.41) is 0. The molecule has 23 heavy (non-hydrogen) atoms. The number of nitrogens with zero attached hydrogens (tertiary/aromatic N) is 1. The van der Waals surface area contributed by atoms with E-state index in [1.54, 1.807) is 0 Å². The van der Waals surface area contributed by atoms with E-state index < -0.39 is 0 Å². The van der Waals surface area contributed by atoms with Crippen molar-refractivity contribution in [1.29, 1.82) is 0 Å². The van der Waals surface area contributed by atoms with Crippen molar-refractivity contribution >= 4 is 5.97 Å². The Hall–Kier alpha value is -1.79. The van der Waals surface area contributed by atoms with Gasteiger partial charge >= 0.3 is 5.97 Å². The van der Waals surface area contributed by atoms with Crippen molar-refractivity contribution < 1.29 is 9.53 Å². The van der Waals surface area contributed by atoms with E-state index in [4.69, 9.17) is 11.2 Å². The highest BCUT2D eigenvalue weighted by Crippen LogP contribution is 2.36. The third kappa shape index (κ3) is 4.36. The Balaban J connectivity index is 2.26. The molecule has 1 heterocycles. The molecule has 124 valence electrons. The minimum Gasteiger partial charge on any atom is -0.469 e. The van der Waals surface area contributed by atoms with Crippen molar-refractivity contribution in [3.05, 3.63) is 35.9 Å². The molecule has 1 aromatic rings. The van der Waals surface area contributed by atoms with Gasteiger partial charge in [-0.2, -0.15) is 0 Å². The first-order valence-corrected chi connectivity index (χ1v) is 8.36. The van der Waals surface area contributed by atoms with E-state index in [9.17, 15) is 4.79 Å². The van der Waals surface area contributed by atoms with Crippen LogP contribution in [0.5, 0.6) is 0 Å². The van der Waals surface area contributed by atoms with Crippen LogP contribution in [0.1, 0.15) is 38.7 Å². The van der Waals surface area contributed by atoms with Crippen molar-refractivity contribution in [2.75, 3.05) is 7.11 Å². The Morgan fingerprint density at radius 1 is 1.35 bits per heavy atom. The maximum atomic E-state index is 11.9. The Morgan fingerprint density at radius 3 is 2.65 bits per heavy atom. The lowest BCUT2D eigenvalue weighted by Gasteiger charge is -2.48. The van der Waals surface area contributed by atoms with Crippen molar-refractivity contribution in [3.63, 3.8) is 0 Å². The average Bonchev–Trinajstić information content (AvgIpc) is 2.56. The molecule has 1 aliphatic heterocycles. The third-order valence-corrected chi connectivity index (χ3v) is 5.21. The number of methoxy groups -OCH3 is 1. The molecule has 2 rings (SSSR count). The summed E-state index contributed by atoms with van der Waals surface area (Å²) in [6.07, 6.45) is 7.83. The zero-order valence-corrected chi connectivity index (χ0v) is 14.4. The SMILES string of the molecule is C#CCC1C[C@@H](C)[C@H](C)[C@@H](CC(=O)OC)N1Cc1ccccc1. The number of carbonyl (C=O) groups is 1. The lowest BCUT2D eigenvalue weighted by molar-refractivity contribution is -0.144. The van der Waals surface area contributed by atoms with Gasteiger partial charge in [0.25, 0.3) is 0 Å². The van der Waals surface area contributed by atoms with Gasteiger partial charge in [-0.15, -0.1) is 12.3 Å². The fraction of sp³-hybridized carbons (Fsp3) is 0.550. The van der Waals surface area contributed by atoms with Gasteiger partial charge in [-0.1, -0.05) is 44.2 Å². The van der Waals surface area contributed by atoms with E-state index in [1.807, 2.05) is 6.07 Å². The summed E-state index contributed by atoms with van der Waals surface area (Å²) < 4.78 is 4.92. The number of rotatable bonds is 5. The molecule has 3 heteroatoms. The van der Waals surface area contributed by atoms with Crippen LogP contribution in [0.2, 0.25) is 0 Å². The number of carbonyl (C=O) groups excluding carboxylic acids is 1. The van der Waals surface area contributed by atoms with Gasteiger partial charge in [0.15, 0.2) is 0 Å². The highest BCUT2D eigenvalue weighted by molar-refractivity contribution is 5.70. The van der Waals surface area contributed by atoms with Gasteiger partial charge in [-0.3, -0.25) is 9.69 Å². The van der Waals surface area contributed by atoms with Crippen molar-refractivity contribution in [2.24, 2.45) is 11.8 Å². The molecule has 0 bridgehead atoms. The van der Waals surface area contributed by atoms with Crippen LogP contribution in [0, 0.1) is 24.2 Å². The quantitative estimate of drug-likeness (QED) is 0.615. The third-order valence-electron chi connectivity index (χ3n) is 5.21. The molecule has 0 spiro atoms. The Bertz CT molecular complexity index is 549. The monoisotopic (exact) mass is 313 g/mol. The van der Waals surface area contributed by atoms with E-state index in [0.29, 0.717) is 24.3 Å². The minimum atomic E-state index is -0.145. The number of likely N-dealkylation sites (tertiary alicyclic amines) is 1. The van der Waals surface area contributed by atoms with Gasteiger partial charge in [0.1, 0.15) is 0 Å². The molecule has 1 saturated heterocycles. The van der Waals surface area contributed by atoms with Gasteiger partial charge in [0.2, 0.25) is 0 Å². The molecule has 1 unspecified atom stereocenters. The fourth-order valence-electron chi connectivity index (χ4n) is 3.67. The van der Waals surface area contributed by atoms with E-state index in [0.717, 1.165) is 19.4 Å². The van der Waals surface area contributed by atoms with E-state index in [1.165, 1.54) is 12.7 Å². The van der Waals surface area contributed by atoms with E-state index in [2.05, 4.69) is 48.9 Å². The van der Waals surface area contributed by atoms with E-state index >= 15 is 0 Å². The molecule has 0 aromatic heterocycles. The first-order valence-electron chi connectivity index (χ1n) is 8.36. The number of benzene rings is 1. The molecule has 0 aliphatic carbocycles. The molecule has 0 radical (unpaired) electrons. The summed E-state index contributed by atoms with van der Waals surface area (Å²) in [7, 11) is 1.46. The maximum absolute atomic E-state index is 11.9. The molecule has 0 N–H and O–H groups in total. The van der Waals surface area contributed by atoms with Crippen LogP contribution in [0.15, 0.2) is 30.3 Å². The van der Waals surface area contributed by atoms with Crippen LogP contribution in [-0.2, 0) is 16.1 Å². The summed E-state index contributed by atoms with van der Waals surface area (Å²) in [4.78, 5) is 14.3.